The van der Waals surface area contributed by atoms with E-state index >= 15 is 0 Å². The molecular weight excluding hydrogens is 392 g/mol. The first kappa shape index (κ1) is 18.4. The molecule has 0 amide bonds. The standard InChI is InChI=1S/C21H17F2N5O2/c22-20(23)30-17-6-5-14(10-18(17)29-12-13-3-4-13)16-7-9-25-21-26-19(27-28(16)21)15-2-1-8-24-11-15/h1-2,5-11,13,20H,3-4,12H2/p+1. The van der Waals surface area contributed by atoms with E-state index in [-0.39, 0.29) is 11.5 Å². The van der Waals surface area contributed by atoms with E-state index in [1.807, 2.05) is 18.2 Å². The fourth-order valence-corrected chi connectivity index (χ4v) is 3.16. The lowest BCUT2D eigenvalue weighted by Gasteiger charge is -2.13. The summed E-state index contributed by atoms with van der Waals surface area (Å²) in [5.41, 5.74) is 2.33. The zero-order valence-electron chi connectivity index (χ0n) is 15.8. The number of ether oxygens (including phenoxy) is 2. The molecule has 3 aromatic heterocycles. The highest BCUT2D eigenvalue weighted by Crippen LogP contribution is 2.36. The minimum absolute atomic E-state index is 0.0189. The maximum atomic E-state index is 12.8. The molecule has 0 saturated heterocycles. The molecule has 0 radical (unpaired) electrons. The second kappa shape index (κ2) is 7.66. The Labute approximate surface area is 170 Å². The quantitative estimate of drug-likeness (QED) is 0.471. The van der Waals surface area contributed by atoms with Gasteiger partial charge in [-0.05, 0) is 54.1 Å². The Kier molecular flexibility index (Phi) is 4.70. The van der Waals surface area contributed by atoms with Crippen molar-refractivity contribution in [2.75, 3.05) is 6.61 Å². The van der Waals surface area contributed by atoms with Gasteiger partial charge in [-0.15, -0.1) is 4.52 Å². The van der Waals surface area contributed by atoms with E-state index < -0.39 is 6.61 Å². The molecule has 1 aromatic carbocycles. The summed E-state index contributed by atoms with van der Waals surface area (Å²) < 4.78 is 37.8. The van der Waals surface area contributed by atoms with Gasteiger partial charge >= 0.3 is 12.4 Å². The lowest BCUT2D eigenvalue weighted by atomic mass is 10.1. The van der Waals surface area contributed by atoms with E-state index in [9.17, 15) is 8.78 Å². The Morgan fingerprint density at radius 2 is 2.00 bits per heavy atom. The lowest BCUT2D eigenvalue weighted by Crippen LogP contribution is -2.27. The molecule has 152 valence electrons. The number of benzene rings is 1. The van der Waals surface area contributed by atoms with Gasteiger partial charge < -0.3 is 9.47 Å². The molecule has 7 nitrogen and oxygen atoms in total. The molecule has 3 heterocycles. The summed E-state index contributed by atoms with van der Waals surface area (Å²) in [4.78, 5) is 12.9. The van der Waals surface area contributed by atoms with Crippen LogP contribution in [0.25, 0.3) is 28.4 Å². The lowest BCUT2D eigenvalue weighted by molar-refractivity contribution is -0.567. The average molecular weight is 410 g/mol. The van der Waals surface area contributed by atoms with Crippen LogP contribution in [0.15, 0.2) is 55.0 Å². The number of H-pyrrole nitrogens is 1. The number of hydrogen-bond donors (Lipinski definition) is 1. The number of rotatable bonds is 7. The van der Waals surface area contributed by atoms with Gasteiger partial charge in [-0.1, -0.05) is 4.98 Å². The summed E-state index contributed by atoms with van der Waals surface area (Å²) in [7, 11) is 0. The first-order chi connectivity index (χ1) is 14.7. The van der Waals surface area contributed by atoms with Gasteiger partial charge in [0.15, 0.2) is 11.5 Å². The summed E-state index contributed by atoms with van der Waals surface area (Å²) in [6.45, 7) is -2.44. The first-order valence-electron chi connectivity index (χ1n) is 9.56. The highest BCUT2D eigenvalue weighted by atomic mass is 19.3. The Hall–Kier alpha value is -3.62. The first-order valence-corrected chi connectivity index (χ1v) is 9.56. The second-order valence-electron chi connectivity index (χ2n) is 7.07. The van der Waals surface area contributed by atoms with Crippen molar-refractivity contribution in [2.45, 2.75) is 19.5 Å². The van der Waals surface area contributed by atoms with Crippen LogP contribution in [0.2, 0.25) is 0 Å². The van der Waals surface area contributed by atoms with Crippen LogP contribution in [-0.2, 0) is 0 Å². The SMILES string of the molecule is FC(F)Oc1ccc(-c2ccnc3nc(-c4cccnc4)[nH][n+]23)cc1OCC1CC1. The molecule has 0 atom stereocenters. The van der Waals surface area contributed by atoms with Crippen molar-refractivity contribution in [3.05, 3.63) is 55.0 Å². The van der Waals surface area contributed by atoms with Gasteiger partial charge in [-0.25, -0.2) is 5.10 Å². The number of fused-ring (bicyclic) bond motifs is 1. The van der Waals surface area contributed by atoms with Gasteiger partial charge in [0.2, 0.25) is 5.82 Å². The van der Waals surface area contributed by atoms with Gasteiger partial charge in [-0.3, -0.25) is 4.98 Å². The predicted octanol–water partition coefficient (Wildman–Crippen LogP) is 3.66. The Morgan fingerprint density at radius 3 is 2.77 bits per heavy atom. The molecule has 9 heteroatoms. The highest BCUT2D eigenvalue weighted by molar-refractivity contribution is 5.62. The van der Waals surface area contributed by atoms with Gasteiger partial charge in [0.25, 0.3) is 0 Å². The third-order valence-corrected chi connectivity index (χ3v) is 4.85. The summed E-state index contributed by atoms with van der Waals surface area (Å²) in [6, 6.07) is 10.4. The topological polar surface area (TPSA) is 77.0 Å². The van der Waals surface area contributed by atoms with Gasteiger partial charge in [0.1, 0.15) is 11.9 Å². The molecule has 30 heavy (non-hydrogen) atoms. The van der Waals surface area contributed by atoms with Crippen LogP contribution >= 0.6 is 0 Å². The number of nitrogens with zero attached hydrogens (tertiary/aromatic N) is 4. The molecule has 1 N–H and O–H groups in total. The average Bonchev–Trinajstić information content (AvgIpc) is 3.48. The van der Waals surface area contributed by atoms with Crippen LogP contribution in [0, 0.1) is 5.92 Å². The molecule has 1 aliphatic rings. The van der Waals surface area contributed by atoms with Crippen LogP contribution in [0.5, 0.6) is 11.5 Å². The number of halogens is 2. The van der Waals surface area contributed by atoms with Crippen molar-refractivity contribution in [3.8, 4) is 34.1 Å². The maximum absolute atomic E-state index is 12.8. The molecular formula is C21H18F2N5O2+. The van der Waals surface area contributed by atoms with E-state index in [1.165, 1.54) is 6.07 Å². The molecule has 0 aliphatic heterocycles. The van der Waals surface area contributed by atoms with Gasteiger partial charge in [-0.2, -0.15) is 8.78 Å². The monoisotopic (exact) mass is 410 g/mol. The van der Waals surface area contributed by atoms with Crippen LogP contribution in [0.1, 0.15) is 12.8 Å². The van der Waals surface area contributed by atoms with E-state index in [1.54, 1.807) is 35.2 Å². The van der Waals surface area contributed by atoms with E-state index in [0.29, 0.717) is 24.1 Å². The number of nitrogens with one attached hydrogen (secondary N) is 1. The molecule has 0 spiro atoms. The third kappa shape index (κ3) is 3.78. The molecule has 5 rings (SSSR count). The molecule has 1 aliphatic carbocycles. The number of aromatic amines is 1. The molecule has 1 saturated carbocycles. The van der Waals surface area contributed by atoms with Crippen molar-refractivity contribution in [3.63, 3.8) is 0 Å². The fourth-order valence-electron chi connectivity index (χ4n) is 3.16. The highest BCUT2D eigenvalue weighted by Gasteiger charge is 2.24. The van der Waals surface area contributed by atoms with Crippen molar-refractivity contribution in [2.24, 2.45) is 5.92 Å². The molecule has 4 aromatic rings. The molecule has 0 unspecified atom stereocenters. The van der Waals surface area contributed by atoms with E-state index in [2.05, 4.69) is 24.8 Å². The van der Waals surface area contributed by atoms with Gasteiger partial charge in [0.05, 0.1) is 12.2 Å². The Bertz CT molecular complexity index is 1180. The van der Waals surface area contributed by atoms with Crippen molar-refractivity contribution in [1.82, 2.24) is 20.1 Å². The third-order valence-electron chi connectivity index (χ3n) is 4.85. The zero-order chi connectivity index (χ0) is 20.5. The van der Waals surface area contributed by atoms with E-state index in [0.717, 1.165) is 29.7 Å². The zero-order valence-corrected chi connectivity index (χ0v) is 15.8. The van der Waals surface area contributed by atoms with Gasteiger partial charge in [0, 0.05) is 24.0 Å². The van der Waals surface area contributed by atoms with E-state index in [4.69, 9.17) is 4.74 Å². The summed E-state index contributed by atoms with van der Waals surface area (Å²) >= 11 is 0. The van der Waals surface area contributed by atoms with Crippen molar-refractivity contribution >= 4 is 5.78 Å². The van der Waals surface area contributed by atoms with Crippen LogP contribution in [-0.4, -0.2) is 33.3 Å². The second-order valence-corrected chi connectivity index (χ2v) is 7.07. The Morgan fingerprint density at radius 1 is 1.10 bits per heavy atom. The number of aromatic nitrogens is 5. The maximum Gasteiger partial charge on any atom is 0.457 e. The summed E-state index contributed by atoms with van der Waals surface area (Å²) in [6.07, 6.45) is 7.23. The van der Waals surface area contributed by atoms with Crippen LogP contribution < -0.4 is 14.0 Å². The predicted molar refractivity (Wildman–Crippen MR) is 103 cm³/mol. The minimum Gasteiger partial charge on any atom is -0.489 e. The smallest absolute Gasteiger partial charge is 0.457 e. The van der Waals surface area contributed by atoms with Crippen molar-refractivity contribution in [1.29, 1.82) is 0 Å². The number of hydrogen-bond acceptors (Lipinski definition) is 5. The Balaban J connectivity index is 1.55. The number of alkyl halides is 2. The molecule has 0 bridgehead atoms. The normalized spacial score (nSPS) is 13.7. The van der Waals surface area contributed by atoms with Crippen molar-refractivity contribution < 1.29 is 22.8 Å². The number of pyridine rings is 1. The fraction of sp³-hybridized carbons (Fsp3) is 0.238. The minimum atomic E-state index is -2.92. The van der Waals surface area contributed by atoms with Crippen LogP contribution in [0.4, 0.5) is 8.78 Å². The molecule has 1 fully saturated rings. The van der Waals surface area contributed by atoms with Crippen LogP contribution in [0.3, 0.4) is 0 Å². The summed E-state index contributed by atoms with van der Waals surface area (Å²) in [5, 5.41) is 3.22. The summed E-state index contributed by atoms with van der Waals surface area (Å²) in [5.74, 6) is 1.87. The largest absolute Gasteiger partial charge is 0.489 e.